The van der Waals surface area contributed by atoms with Crippen LogP contribution in [0, 0.1) is 0 Å². The number of rotatable bonds is 4. The minimum Gasteiger partial charge on any atom is -0.451 e. The van der Waals surface area contributed by atoms with Gasteiger partial charge in [-0.2, -0.15) is 0 Å². The predicted octanol–water partition coefficient (Wildman–Crippen LogP) is 2.06. The fourth-order valence-corrected chi connectivity index (χ4v) is 4.51. The van der Waals surface area contributed by atoms with Gasteiger partial charge in [0.05, 0.1) is 9.89 Å². The van der Waals surface area contributed by atoms with E-state index < -0.39 is 24.0 Å². The van der Waals surface area contributed by atoms with Gasteiger partial charge in [0.25, 0.3) is 5.91 Å². The molecule has 0 unspecified atom stereocenters. The molecule has 0 aliphatic carbocycles. The monoisotopic (exact) mass is 383 g/mol. The summed E-state index contributed by atoms with van der Waals surface area (Å²) in [4.78, 5) is 41.9. The molecule has 3 heterocycles. The highest BCUT2D eigenvalue weighted by atomic mass is 35.5. The Labute approximate surface area is 154 Å². The van der Waals surface area contributed by atoms with Crippen LogP contribution in [-0.4, -0.2) is 50.4 Å². The van der Waals surface area contributed by atoms with Gasteiger partial charge in [0.1, 0.15) is 11.9 Å². The van der Waals surface area contributed by atoms with E-state index in [0.717, 1.165) is 6.42 Å². The quantitative estimate of drug-likeness (QED) is 0.800. The normalized spacial score (nSPS) is 26.3. The molecule has 134 valence electrons. The van der Waals surface area contributed by atoms with E-state index in [-0.39, 0.29) is 10.8 Å². The molecule has 7 nitrogen and oxygen atoms in total. The van der Waals surface area contributed by atoms with Crippen molar-refractivity contribution >= 4 is 47.0 Å². The fraction of sp³-hybridized carbons (Fsp3) is 0.500. The van der Waals surface area contributed by atoms with Crippen molar-refractivity contribution in [3.05, 3.63) is 23.4 Å². The first kappa shape index (κ1) is 18.0. The molecule has 0 aromatic carbocycles. The summed E-state index contributed by atoms with van der Waals surface area (Å²) in [5, 5.41) is 3.01. The van der Waals surface area contributed by atoms with Crippen LogP contribution in [0.1, 0.15) is 26.7 Å². The Morgan fingerprint density at radius 1 is 1.52 bits per heavy atom. The summed E-state index contributed by atoms with van der Waals surface area (Å²) in [7, 11) is 0. The molecule has 0 bridgehead atoms. The number of pyridine rings is 1. The van der Waals surface area contributed by atoms with E-state index in [1.807, 2.05) is 6.92 Å². The number of amides is 2. The maximum Gasteiger partial charge on any atom is 0.330 e. The average Bonchev–Trinajstić information content (AvgIpc) is 3.06. The molecule has 1 N–H and O–H groups in total. The van der Waals surface area contributed by atoms with Crippen molar-refractivity contribution in [2.24, 2.45) is 0 Å². The van der Waals surface area contributed by atoms with E-state index in [1.165, 1.54) is 13.1 Å². The SMILES string of the molecule is C[C@@H](OC(=O)[C@@H]1CS[C@@]2(C)CCC(=O)N12)C(=O)Nc1ccc(Cl)cn1. The molecule has 2 fully saturated rings. The largest absolute Gasteiger partial charge is 0.451 e. The van der Waals surface area contributed by atoms with Crippen LogP contribution < -0.4 is 5.32 Å². The number of carbonyl (C=O) groups is 3. The molecule has 9 heteroatoms. The topological polar surface area (TPSA) is 88.6 Å². The molecule has 1 aromatic heterocycles. The summed E-state index contributed by atoms with van der Waals surface area (Å²) in [6, 6.07) is 2.50. The van der Waals surface area contributed by atoms with Crippen LogP contribution >= 0.6 is 23.4 Å². The Morgan fingerprint density at radius 3 is 2.96 bits per heavy atom. The van der Waals surface area contributed by atoms with Gasteiger partial charge in [0, 0.05) is 18.4 Å². The molecular weight excluding hydrogens is 366 g/mol. The van der Waals surface area contributed by atoms with Crippen molar-refractivity contribution in [2.45, 2.75) is 43.7 Å². The van der Waals surface area contributed by atoms with Crippen molar-refractivity contribution < 1.29 is 19.1 Å². The van der Waals surface area contributed by atoms with Crippen molar-refractivity contribution in [3.8, 4) is 0 Å². The lowest BCUT2D eigenvalue weighted by atomic mass is 10.2. The number of thioether (sulfide) groups is 1. The standard InChI is InChI=1S/C16H18ClN3O4S/c1-9(14(22)19-12-4-3-10(17)7-18-12)24-15(23)11-8-25-16(2)6-5-13(21)20(11)16/h3-4,7,9,11H,5-6,8H2,1-2H3,(H,18,19,22)/t9-,11+,16+/m1/s1. The first-order valence-corrected chi connectivity index (χ1v) is 9.25. The molecule has 3 rings (SSSR count). The third-order valence-electron chi connectivity index (χ3n) is 4.36. The van der Waals surface area contributed by atoms with Crippen LogP contribution in [0.15, 0.2) is 18.3 Å². The van der Waals surface area contributed by atoms with E-state index in [2.05, 4.69) is 10.3 Å². The first-order valence-electron chi connectivity index (χ1n) is 7.89. The zero-order valence-electron chi connectivity index (χ0n) is 13.8. The number of aromatic nitrogens is 1. The summed E-state index contributed by atoms with van der Waals surface area (Å²) in [6.07, 6.45) is 1.56. The van der Waals surface area contributed by atoms with Crippen molar-refractivity contribution in [1.82, 2.24) is 9.88 Å². The minimum atomic E-state index is -1.00. The smallest absolute Gasteiger partial charge is 0.330 e. The predicted molar refractivity (Wildman–Crippen MR) is 94.2 cm³/mol. The number of nitrogens with zero attached hydrogens (tertiary/aromatic N) is 2. The van der Waals surface area contributed by atoms with Gasteiger partial charge < -0.3 is 15.0 Å². The number of hydrogen-bond donors (Lipinski definition) is 1. The number of ether oxygens (including phenoxy) is 1. The van der Waals surface area contributed by atoms with Gasteiger partial charge in [-0.1, -0.05) is 11.6 Å². The Bertz CT molecular complexity index is 714. The lowest BCUT2D eigenvalue weighted by Crippen LogP contribution is -2.48. The third-order valence-corrected chi connectivity index (χ3v) is 6.09. The summed E-state index contributed by atoms with van der Waals surface area (Å²) < 4.78 is 5.28. The second kappa shape index (κ2) is 6.84. The van der Waals surface area contributed by atoms with E-state index in [1.54, 1.807) is 28.8 Å². The zero-order chi connectivity index (χ0) is 18.2. The van der Waals surface area contributed by atoms with Crippen LogP contribution in [0.3, 0.4) is 0 Å². The lowest BCUT2D eigenvalue weighted by molar-refractivity contribution is -0.160. The summed E-state index contributed by atoms with van der Waals surface area (Å²) in [5.74, 6) is -0.302. The molecule has 2 amide bonds. The van der Waals surface area contributed by atoms with Gasteiger partial charge >= 0.3 is 5.97 Å². The van der Waals surface area contributed by atoms with Crippen molar-refractivity contribution in [2.75, 3.05) is 11.1 Å². The maximum absolute atomic E-state index is 12.4. The molecule has 25 heavy (non-hydrogen) atoms. The maximum atomic E-state index is 12.4. The number of nitrogens with one attached hydrogen (secondary N) is 1. The summed E-state index contributed by atoms with van der Waals surface area (Å²) >= 11 is 7.32. The van der Waals surface area contributed by atoms with Gasteiger partial charge in [-0.05, 0) is 32.4 Å². The second-order valence-electron chi connectivity index (χ2n) is 6.20. The van der Waals surface area contributed by atoms with Crippen LogP contribution in [0.25, 0.3) is 0 Å². The highest BCUT2D eigenvalue weighted by Gasteiger charge is 2.53. The highest BCUT2D eigenvalue weighted by molar-refractivity contribution is 8.01. The van der Waals surface area contributed by atoms with Gasteiger partial charge in [-0.3, -0.25) is 9.59 Å². The van der Waals surface area contributed by atoms with Crippen LogP contribution in [-0.2, 0) is 19.1 Å². The molecule has 2 aliphatic heterocycles. The fourth-order valence-electron chi connectivity index (χ4n) is 2.98. The average molecular weight is 384 g/mol. The van der Waals surface area contributed by atoms with E-state index in [9.17, 15) is 14.4 Å². The molecular formula is C16H18ClN3O4S. The zero-order valence-corrected chi connectivity index (χ0v) is 15.4. The van der Waals surface area contributed by atoms with Crippen LogP contribution in [0.2, 0.25) is 5.02 Å². The number of esters is 1. The molecule has 0 spiro atoms. The number of anilines is 1. The Morgan fingerprint density at radius 2 is 2.28 bits per heavy atom. The van der Waals surface area contributed by atoms with Gasteiger partial charge in [-0.15, -0.1) is 11.8 Å². The number of fused-ring (bicyclic) bond motifs is 1. The van der Waals surface area contributed by atoms with Crippen LogP contribution in [0.5, 0.6) is 0 Å². The highest BCUT2D eigenvalue weighted by Crippen LogP contribution is 2.47. The van der Waals surface area contributed by atoms with Gasteiger partial charge in [0.15, 0.2) is 6.10 Å². The summed E-state index contributed by atoms with van der Waals surface area (Å²) in [6.45, 7) is 3.44. The van der Waals surface area contributed by atoms with Gasteiger partial charge in [0.2, 0.25) is 5.91 Å². The molecule has 0 radical (unpaired) electrons. The van der Waals surface area contributed by atoms with Crippen LogP contribution in [0.4, 0.5) is 5.82 Å². The van der Waals surface area contributed by atoms with E-state index in [0.29, 0.717) is 23.0 Å². The molecule has 2 aliphatic rings. The summed E-state index contributed by atoms with van der Waals surface area (Å²) in [5.41, 5.74) is 0. The van der Waals surface area contributed by atoms with Crippen molar-refractivity contribution in [1.29, 1.82) is 0 Å². The Balaban J connectivity index is 1.59. The van der Waals surface area contributed by atoms with Crippen molar-refractivity contribution in [3.63, 3.8) is 0 Å². The number of hydrogen-bond acceptors (Lipinski definition) is 6. The molecule has 3 atom stereocenters. The molecule has 0 saturated carbocycles. The molecule has 1 aromatic rings. The van der Waals surface area contributed by atoms with E-state index in [4.69, 9.17) is 16.3 Å². The third kappa shape index (κ3) is 3.59. The first-order chi connectivity index (χ1) is 11.8. The Hall–Kier alpha value is -1.80. The Kier molecular flexibility index (Phi) is 4.92. The lowest BCUT2D eigenvalue weighted by Gasteiger charge is -2.29. The minimum absolute atomic E-state index is 0.0445. The number of carbonyl (C=O) groups excluding carboxylic acids is 3. The second-order valence-corrected chi connectivity index (χ2v) is 8.13. The van der Waals surface area contributed by atoms with Gasteiger partial charge in [-0.25, -0.2) is 9.78 Å². The van der Waals surface area contributed by atoms with E-state index >= 15 is 0 Å². The number of halogens is 1. The molecule has 2 saturated heterocycles.